The minimum Gasteiger partial charge on any atom is -0.454 e. The zero-order valence-electron chi connectivity index (χ0n) is 13.8. The Balaban J connectivity index is 1.49. The fraction of sp³-hybridized carbons (Fsp3) is 0.611. The van der Waals surface area contributed by atoms with E-state index in [9.17, 15) is 4.79 Å². The summed E-state index contributed by atoms with van der Waals surface area (Å²) in [6.07, 6.45) is 3.52. The van der Waals surface area contributed by atoms with Gasteiger partial charge in [0.15, 0.2) is 11.5 Å². The van der Waals surface area contributed by atoms with Crippen LogP contribution in [0.4, 0.5) is 0 Å². The van der Waals surface area contributed by atoms with Crippen LogP contribution in [0.25, 0.3) is 0 Å². The number of aryl methyl sites for hydroxylation is 1. The summed E-state index contributed by atoms with van der Waals surface area (Å²) >= 11 is 0. The lowest BCUT2D eigenvalue weighted by atomic mass is 9.98. The first kappa shape index (κ1) is 16.1. The first-order valence-corrected chi connectivity index (χ1v) is 8.50. The van der Waals surface area contributed by atoms with Crippen molar-refractivity contribution in [3.05, 3.63) is 23.8 Å². The molecule has 3 rings (SSSR count). The highest BCUT2D eigenvalue weighted by Crippen LogP contribution is 2.32. The second-order valence-corrected chi connectivity index (χ2v) is 6.20. The van der Waals surface area contributed by atoms with E-state index in [0.717, 1.165) is 62.6 Å². The summed E-state index contributed by atoms with van der Waals surface area (Å²) in [5.41, 5.74) is 1.12. The Bertz CT molecular complexity index is 546. The second-order valence-electron chi connectivity index (χ2n) is 6.20. The zero-order chi connectivity index (χ0) is 16.1. The van der Waals surface area contributed by atoms with Gasteiger partial charge in [-0.2, -0.15) is 0 Å². The minimum absolute atomic E-state index is 0.240. The van der Waals surface area contributed by atoms with Crippen molar-refractivity contribution in [2.75, 3.05) is 33.1 Å². The predicted octanol–water partition coefficient (Wildman–Crippen LogP) is 2.62. The Morgan fingerprint density at radius 1 is 1.35 bits per heavy atom. The molecule has 2 aliphatic rings. The molecule has 0 spiro atoms. The van der Waals surface area contributed by atoms with Crippen molar-refractivity contribution in [2.24, 2.45) is 5.92 Å². The molecule has 126 valence electrons. The molecule has 0 N–H and O–H groups in total. The van der Waals surface area contributed by atoms with Crippen LogP contribution >= 0.6 is 0 Å². The van der Waals surface area contributed by atoms with Crippen LogP contribution in [0, 0.1) is 5.92 Å². The van der Waals surface area contributed by atoms with Gasteiger partial charge in [0.2, 0.25) is 12.7 Å². The SMILES string of the molecule is CCOCC1CCCN(C(=O)CCc2ccc3c(c2)OCO3)C1. The number of ether oxygens (including phenoxy) is 3. The first-order valence-electron chi connectivity index (χ1n) is 8.50. The Labute approximate surface area is 137 Å². The number of hydrogen-bond donors (Lipinski definition) is 0. The number of likely N-dealkylation sites (tertiary alicyclic amines) is 1. The second kappa shape index (κ2) is 7.68. The summed E-state index contributed by atoms with van der Waals surface area (Å²) < 4.78 is 16.2. The van der Waals surface area contributed by atoms with E-state index in [2.05, 4.69) is 0 Å². The van der Waals surface area contributed by atoms with Gasteiger partial charge < -0.3 is 19.1 Å². The van der Waals surface area contributed by atoms with Crippen LogP contribution in [-0.2, 0) is 16.0 Å². The summed E-state index contributed by atoms with van der Waals surface area (Å²) in [4.78, 5) is 14.5. The maximum absolute atomic E-state index is 12.5. The van der Waals surface area contributed by atoms with Crippen molar-refractivity contribution >= 4 is 5.91 Å². The summed E-state index contributed by atoms with van der Waals surface area (Å²) in [5.74, 6) is 2.29. The molecule has 5 nitrogen and oxygen atoms in total. The van der Waals surface area contributed by atoms with Crippen LogP contribution in [0.5, 0.6) is 11.5 Å². The lowest BCUT2D eigenvalue weighted by Gasteiger charge is -2.32. The summed E-state index contributed by atoms with van der Waals surface area (Å²) in [7, 11) is 0. The highest BCUT2D eigenvalue weighted by atomic mass is 16.7. The number of carbonyl (C=O) groups excluding carboxylic acids is 1. The summed E-state index contributed by atoms with van der Waals surface area (Å²) in [6, 6.07) is 5.90. The first-order chi connectivity index (χ1) is 11.3. The molecule has 0 aromatic heterocycles. The van der Waals surface area contributed by atoms with E-state index in [1.165, 1.54) is 0 Å². The van der Waals surface area contributed by atoms with Gasteiger partial charge in [0.1, 0.15) is 0 Å². The van der Waals surface area contributed by atoms with Crippen molar-refractivity contribution in [1.82, 2.24) is 4.90 Å². The van der Waals surface area contributed by atoms with Crippen molar-refractivity contribution in [3.63, 3.8) is 0 Å². The van der Waals surface area contributed by atoms with Gasteiger partial charge in [-0.05, 0) is 49.8 Å². The van der Waals surface area contributed by atoms with Gasteiger partial charge in [0.25, 0.3) is 0 Å². The number of nitrogens with zero attached hydrogens (tertiary/aromatic N) is 1. The smallest absolute Gasteiger partial charge is 0.231 e. The predicted molar refractivity (Wildman–Crippen MR) is 86.7 cm³/mol. The largest absolute Gasteiger partial charge is 0.454 e. The molecule has 0 radical (unpaired) electrons. The molecule has 1 fully saturated rings. The molecule has 2 heterocycles. The molecule has 1 amide bonds. The van der Waals surface area contributed by atoms with Gasteiger partial charge >= 0.3 is 0 Å². The topological polar surface area (TPSA) is 48.0 Å². The maximum atomic E-state index is 12.5. The Morgan fingerprint density at radius 2 is 2.22 bits per heavy atom. The number of hydrogen-bond acceptors (Lipinski definition) is 4. The van der Waals surface area contributed by atoms with Gasteiger partial charge in [0.05, 0.1) is 6.61 Å². The van der Waals surface area contributed by atoms with E-state index in [1.807, 2.05) is 30.0 Å². The van der Waals surface area contributed by atoms with Gasteiger partial charge in [-0.25, -0.2) is 0 Å². The van der Waals surface area contributed by atoms with Crippen LogP contribution < -0.4 is 9.47 Å². The average Bonchev–Trinajstić information content (AvgIpc) is 3.05. The van der Waals surface area contributed by atoms with Crippen molar-refractivity contribution in [3.8, 4) is 11.5 Å². The molecule has 1 aromatic carbocycles. The molecule has 0 bridgehead atoms. The third-order valence-electron chi connectivity index (χ3n) is 4.49. The molecular weight excluding hydrogens is 294 g/mol. The fourth-order valence-corrected chi connectivity index (χ4v) is 3.22. The summed E-state index contributed by atoms with van der Waals surface area (Å²) in [6.45, 7) is 5.52. The van der Waals surface area contributed by atoms with E-state index in [4.69, 9.17) is 14.2 Å². The average molecular weight is 319 g/mol. The van der Waals surface area contributed by atoms with Crippen LogP contribution in [-0.4, -0.2) is 43.9 Å². The van der Waals surface area contributed by atoms with Gasteiger partial charge in [-0.1, -0.05) is 6.07 Å². The third kappa shape index (κ3) is 4.16. The minimum atomic E-state index is 0.240. The van der Waals surface area contributed by atoms with Gasteiger partial charge in [0, 0.05) is 26.1 Å². The molecule has 5 heteroatoms. The van der Waals surface area contributed by atoms with Crippen LogP contribution in [0.3, 0.4) is 0 Å². The third-order valence-corrected chi connectivity index (χ3v) is 4.49. The molecule has 1 saturated heterocycles. The van der Waals surface area contributed by atoms with Gasteiger partial charge in [-0.15, -0.1) is 0 Å². The molecule has 0 aliphatic carbocycles. The van der Waals surface area contributed by atoms with E-state index in [-0.39, 0.29) is 12.7 Å². The van der Waals surface area contributed by atoms with Crippen LogP contribution in [0.15, 0.2) is 18.2 Å². The molecule has 1 atom stereocenters. The molecule has 0 saturated carbocycles. The lowest BCUT2D eigenvalue weighted by Crippen LogP contribution is -2.41. The fourth-order valence-electron chi connectivity index (χ4n) is 3.22. The van der Waals surface area contributed by atoms with E-state index < -0.39 is 0 Å². The van der Waals surface area contributed by atoms with Crippen LogP contribution in [0.1, 0.15) is 31.7 Å². The normalized spacial score (nSPS) is 19.9. The number of benzene rings is 1. The van der Waals surface area contributed by atoms with Crippen molar-refractivity contribution < 1.29 is 19.0 Å². The standard InChI is InChI=1S/C18H25NO4/c1-2-21-12-15-4-3-9-19(11-15)18(20)8-6-14-5-7-16-17(10-14)23-13-22-16/h5,7,10,15H,2-4,6,8-9,11-13H2,1H3. The van der Waals surface area contributed by atoms with E-state index in [0.29, 0.717) is 12.3 Å². The van der Waals surface area contributed by atoms with Crippen molar-refractivity contribution in [2.45, 2.75) is 32.6 Å². The molecule has 2 aliphatic heterocycles. The van der Waals surface area contributed by atoms with Gasteiger partial charge in [-0.3, -0.25) is 4.79 Å². The summed E-state index contributed by atoms with van der Waals surface area (Å²) in [5, 5.41) is 0. The Hall–Kier alpha value is -1.75. The highest BCUT2D eigenvalue weighted by molar-refractivity contribution is 5.76. The number of rotatable bonds is 6. The quantitative estimate of drug-likeness (QED) is 0.809. The maximum Gasteiger partial charge on any atom is 0.231 e. The number of piperidine rings is 1. The Kier molecular flexibility index (Phi) is 5.39. The lowest BCUT2D eigenvalue weighted by molar-refractivity contribution is -0.133. The Morgan fingerprint density at radius 3 is 3.09 bits per heavy atom. The van der Waals surface area contributed by atoms with E-state index >= 15 is 0 Å². The molecule has 1 unspecified atom stereocenters. The van der Waals surface area contributed by atoms with Crippen LogP contribution in [0.2, 0.25) is 0 Å². The number of carbonyl (C=O) groups is 1. The molecule has 23 heavy (non-hydrogen) atoms. The molecular formula is C18H25NO4. The highest BCUT2D eigenvalue weighted by Gasteiger charge is 2.23. The number of amides is 1. The monoisotopic (exact) mass is 319 g/mol. The van der Waals surface area contributed by atoms with E-state index in [1.54, 1.807) is 0 Å². The number of fused-ring (bicyclic) bond motifs is 1. The van der Waals surface area contributed by atoms with Crippen molar-refractivity contribution in [1.29, 1.82) is 0 Å². The zero-order valence-corrected chi connectivity index (χ0v) is 13.8. The molecule has 1 aromatic rings.